The smallest absolute Gasteiger partial charge is 0.422 e. The van der Waals surface area contributed by atoms with Crippen molar-refractivity contribution < 1.29 is 53.4 Å². The van der Waals surface area contributed by atoms with Gasteiger partial charge < -0.3 is 9.30 Å². The molecule has 0 bridgehead atoms. The Morgan fingerprint density at radius 2 is 1.49 bits per heavy atom. The molecule has 41 heavy (non-hydrogen) atoms. The Labute approximate surface area is 228 Å². The fourth-order valence-corrected chi connectivity index (χ4v) is 4.89. The van der Waals surface area contributed by atoms with Gasteiger partial charge in [0.15, 0.2) is 28.4 Å². The Hall–Kier alpha value is -3.75. The van der Waals surface area contributed by atoms with Crippen LogP contribution in [-0.2, 0) is 29.4 Å². The highest BCUT2D eigenvalue weighted by molar-refractivity contribution is 7.98. The Morgan fingerprint density at radius 3 is 2.02 bits per heavy atom. The molecule has 1 aromatic heterocycles. The molecule has 3 aromatic carbocycles. The monoisotopic (exact) mass is 610 g/mol. The summed E-state index contributed by atoms with van der Waals surface area (Å²) in [5.41, 5.74) is -4.07. The van der Waals surface area contributed by atoms with E-state index in [1.807, 2.05) is 0 Å². The van der Waals surface area contributed by atoms with E-state index in [2.05, 4.69) is 4.98 Å². The van der Waals surface area contributed by atoms with Gasteiger partial charge in [-0.2, -0.15) is 26.3 Å². The number of hydrogen-bond donors (Lipinski definition) is 0. The summed E-state index contributed by atoms with van der Waals surface area (Å²) >= 11 is 0.497. The average molecular weight is 610 g/mol. The fraction of sp³-hybridized carbons (Fsp3) is 0.231. The largest absolute Gasteiger partial charge is 0.462 e. The third-order valence-corrected chi connectivity index (χ3v) is 6.83. The minimum Gasteiger partial charge on any atom is -0.462 e. The summed E-state index contributed by atoms with van der Waals surface area (Å²) in [5, 5.41) is -0.0691. The van der Waals surface area contributed by atoms with Crippen molar-refractivity contribution in [3.63, 3.8) is 0 Å². The van der Waals surface area contributed by atoms with Crippen molar-refractivity contribution in [1.82, 2.24) is 9.55 Å². The Morgan fingerprint density at radius 1 is 0.878 bits per heavy atom. The van der Waals surface area contributed by atoms with Crippen molar-refractivity contribution in [3.8, 4) is 0 Å². The number of imidazole rings is 1. The molecule has 4 aromatic rings. The maximum Gasteiger partial charge on any atom is 0.422 e. The van der Waals surface area contributed by atoms with Gasteiger partial charge in [-0.15, -0.1) is 0 Å². The molecular formula is C26H16F10N2O2S. The molecule has 0 fully saturated rings. The van der Waals surface area contributed by atoms with E-state index in [0.717, 1.165) is 12.1 Å². The van der Waals surface area contributed by atoms with Gasteiger partial charge in [0, 0.05) is 11.3 Å². The number of thioether (sulfide) groups is 1. The zero-order chi connectivity index (χ0) is 30.3. The van der Waals surface area contributed by atoms with E-state index in [1.54, 1.807) is 6.92 Å². The van der Waals surface area contributed by atoms with Crippen molar-refractivity contribution in [2.24, 2.45) is 0 Å². The predicted molar refractivity (Wildman–Crippen MR) is 127 cm³/mol. The molecular weight excluding hydrogens is 594 g/mol. The third-order valence-electron chi connectivity index (χ3n) is 5.83. The first-order valence-electron chi connectivity index (χ1n) is 11.5. The van der Waals surface area contributed by atoms with Crippen LogP contribution in [0.3, 0.4) is 0 Å². The number of carbonyl (C=O) groups excluding carboxylic acids is 1. The van der Waals surface area contributed by atoms with Crippen molar-refractivity contribution >= 4 is 28.8 Å². The average Bonchev–Trinajstić information content (AvgIpc) is 3.23. The van der Waals surface area contributed by atoms with Crippen LogP contribution >= 0.6 is 11.8 Å². The number of fused-ring (bicyclic) bond motifs is 1. The molecule has 0 radical (unpaired) electrons. The first kappa shape index (κ1) is 30.2. The number of halogens is 10. The quantitative estimate of drug-likeness (QED) is 0.0918. The zero-order valence-electron chi connectivity index (χ0n) is 20.6. The molecule has 0 aliphatic rings. The van der Waals surface area contributed by atoms with Crippen molar-refractivity contribution in [2.75, 3.05) is 6.61 Å². The van der Waals surface area contributed by atoms with Crippen molar-refractivity contribution in [2.45, 2.75) is 36.7 Å². The second-order valence-electron chi connectivity index (χ2n) is 8.50. The second kappa shape index (κ2) is 11.3. The molecule has 0 saturated carbocycles. The maximum absolute atomic E-state index is 14.5. The van der Waals surface area contributed by atoms with Crippen molar-refractivity contribution in [3.05, 3.63) is 93.6 Å². The molecule has 0 amide bonds. The number of benzene rings is 3. The lowest BCUT2D eigenvalue weighted by molar-refractivity contribution is -0.143. The molecule has 1 heterocycles. The lowest BCUT2D eigenvalue weighted by atomic mass is 10.1. The van der Waals surface area contributed by atoms with E-state index in [4.69, 9.17) is 4.74 Å². The van der Waals surface area contributed by atoms with Gasteiger partial charge in [-0.25, -0.2) is 27.3 Å². The lowest BCUT2D eigenvalue weighted by Gasteiger charge is -2.14. The van der Waals surface area contributed by atoms with Crippen molar-refractivity contribution in [1.29, 1.82) is 0 Å². The molecule has 0 saturated heterocycles. The van der Waals surface area contributed by atoms with Gasteiger partial charge in [0.1, 0.15) is 5.56 Å². The minimum absolute atomic E-state index is 0.0672. The van der Waals surface area contributed by atoms with Crippen LogP contribution in [0.2, 0.25) is 0 Å². The van der Waals surface area contributed by atoms with E-state index in [1.165, 1.54) is 34.9 Å². The minimum atomic E-state index is -5.70. The summed E-state index contributed by atoms with van der Waals surface area (Å²) in [6, 6.07) is 8.14. The summed E-state index contributed by atoms with van der Waals surface area (Å²) in [6.07, 6.45) is -10.3. The lowest BCUT2D eigenvalue weighted by Crippen LogP contribution is -2.17. The number of carbonyl (C=O) groups is 1. The Bertz CT molecular complexity index is 1580. The molecule has 0 aliphatic carbocycles. The molecule has 0 aliphatic heterocycles. The number of esters is 1. The molecule has 4 rings (SSSR count). The summed E-state index contributed by atoms with van der Waals surface area (Å²) in [6.45, 7) is 1.50. The molecule has 15 heteroatoms. The van der Waals surface area contributed by atoms with Gasteiger partial charge in [0.25, 0.3) is 0 Å². The number of aromatic nitrogens is 2. The van der Waals surface area contributed by atoms with Crippen LogP contribution in [0.1, 0.15) is 39.5 Å². The summed E-state index contributed by atoms with van der Waals surface area (Å²) in [5.74, 6) is -11.3. The van der Waals surface area contributed by atoms with Gasteiger partial charge in [-0.05, 0) is 42.8 Å². The molecule has 0 atom stereocenters. The summed E-state index contributed by atoms with van der Waals surface area (Å²) < 4.78 is 141. The van der Waals surface area contributed by atoms with Crippen LogP contribution in [0.25, 0.3) is 11.0 Å². The number of alkyl halides is 6. The molecule has 4 nitrogen and oxygen atoms in total. The SMILES string of the molecule is CCOC(=O)c1ccc2c(c1)nc(SCc1c(F)c(F)c(C(F)(F)F)c(F)c1F)n2Cc1ccc(C(F)(F)F)cc1. The first-order chi connectivity index (χ1) is 19.1. The van der Waals surface area contributed by atoms with Crippen LogP contribution < -0.4 is 0 Å². The van der Waals surface area contributed by atoms with Crippen LogP contribution in [0, 0.1) is 23.3 Å². The number of rotatable bonds is 7. The maximum atomic E-state index is 14.5. The van der Waals surface area contributed by atoms with Crippen LogP contribution in [0.15, 0.2) is 47.6 Å². The summed E-state index contributed by atoms with van der Waals surface area (Å²) in [4.78, 5) is 16.4. The molecule has 0 spiro atoms. The highest BCUT2D eigenvalue weighted by Crippen LogP contribution is 2.39. The topological polar surface area (TPSA) is 44.1 Å². The Kier molecular flexibility index (Phi) is 8.30. The van der Waals surface area contributed by atoms with E-state index in [9.17, 15) is 48.7 Å². The summed E-state index contributed by atoms with van der Waals surface area (Å²) in [7, 11) is 0. The predicted octanol–water partition coefficient (Wildman–Crippen LogP) is 8.15. The van der Waals surface area contributed by atoms with E-state index in [0.29, 0.717) is 22.8 Å². The molecule has 0 unspecified atom stereocenters. The van der Waals surface area contributed by atoms with E-state index < -0.39 is 64.0 Å². The van der Waals surface area contributed by atoms with Gasteiger partial charge in [0.05, 0.1) is 35.3 Å². The van der Waals surface area contributed by atoms with Crippen LogP contribution in [0.4, 0.5) is 43.9 Å². The third kappa shape index (κ3) is 6.14. The normalized spacial score (nSPS) is 12.3. The fourth-order valence-electron chi connectivity index (χ4n) is 3.88. The standard InChI is InChI=1S/C26H16F10N2O2S/c1-2-40-23(39)13-5-8-17-16(9-13)37-24(38(17)10-12-3-6-14(7-4-12)25(31,32)33)41-11-15-19(27)21(29)18(26(34,35)36)22(30)20(15)28/h3-9H,2,10-11H2,1H3. The number of nitrogens with zero attached hydrogens (tertiary/aromatic N) is 2. The second-order valence-corrected chi connectivity index (χ2v) is 9.44. The van der Waals surface area contributed by atoms with Gasteiger partial charge >= 0.3 is 18.3 Å². The highest BCUT2D eigenvalue weighted by Gasteiger charge is 2.42. The van der Waals surface area contributed by atoms with Crippen LogP contribution in [0.5, 0.6) is 0 Å². The van der Waals surface area contributed by atoms with E-state index in [-0.39, 0.29) is 29.4 Å². The van der Waals surface area contributed by atoms with Gasteiger partial charge in [-0.3, -0.25) is 0 Å². The number of ether oxygens (including phenoxy) is 1. The zero-order valence-corrected chi connectivity index (χ0v) is 21.4. The van der Waals surface area contributed by atoms with Gasteiger partial charge in [-0.1, -0.05) is 23.9 Å². The highest BCUT2D eigenvalue weighted by atomic mass is 32.2. The van der Waals surface area contributed by atoms with Crippen LogP contribution in [-0.4, -0.2) is 22.1 Å². The van der Waals surface area contributed by atoms with E-state index >= 15 is 0 Å². The molecule has 218 valence electrons. The molecule has 0 N–H and O–H groups in total. The first-order valence-corrected chi connectivity index (χ1v) is 12.5. The number of hydrogen-bond acceptors (Lipinski definition) is 4. The van der Waals surface area contributed by atoms with Gasteiger partial charge in [0.2, 0.25) is 0 Å². The Balaban J connectivity index is 1.76.